The van der Waals surface area contributed by atoms with Crippen molar-refractivity contribution >= 4 is 45.4 Å². The van der Waals surface area contributed by atoms with Crippen LogP contribution >= 0.6 is 39.1 Å². The lowest BCUT2D eigenvalue weighted by Crippen LogP contribution is -1.88. The van der Waals surface area contributed by atoms with Crippen molar-refractivity contribution in [1.82, 2.24) is 0 Å². The maximum absolute atomic E-state index is 10.6. The van der Waals surface area contributed by atoms with Crippen LogP contribution in [0.15, 0.2) is 40.9 Å². The third-order valence-corrected chi connectivity index (χ3v) is 3.40. The second-order valence-corrected chi connectivity index (χ2v) is 5.18. The molecule has 0 saturated carbocycles. The maximum atomic E-state index is 10.6. The Morgan fingerprint density at radius 3 is 2.50 bits per heavy atom. The fourth-order valence-corrected chi connectivity index (χ4v) is 2.33. The highest BCUT2D eigenvalue weighted by molar-refractivity contribution is 9.10. The molecule has 2 aromatic rings. The minimum Gasteiger partial charge on any atom is -0.456 e. The fourth-order valence-electron chi connectivity index (χ4n) is 1.35. The Bertz CT molecular complexity index is 600. The smallest absolute Gasteiger partial charge is 0.151 e. The molecule has 0 bridgehead atoms. The molecule has 2 aromatic carbocycles. The van der Waals surface area contributed by atoms with Crippen LogP contribution in [0.1, 0.15) is 10.4 Å². The summed E-state index contributed by atoms with van der Waals surface area (Å²) >= 11 is 15.1. The predicted molar refractivity (Wildman–Crippen MR) is 76.1 cm³/mol. The molecule has 0 aliphatic carbocycles. The minimum absolute atomic E-state index is 0.354. The number of carbonyl (C=O) groups excluding carboxylic acids is 1. The van der Waals surface area contributed by atoms with Gasteiger partial charge in [-0.1, -0.05) is 23.2 Å². The molecule has 0 aliphatic heterocycles. The van der Waals surface area contributed by atoms with Crippen molar-refractivity contribution in [1.29, 1.82) is 0 Å². The molecule has 0 spiro atoms. The summed E-state index contributed by atoms with van der Waals surface area (Å²) in [5.74, 6) is 1.17. The molecule has 5 heteroatoms. The highest BCUT2D eigenvalue weighted by Gasteiger charge is 2.06. The molecule has 0 amide bonds. The van der Waals surface area contributed by atoms with Gasteiger partial charge in [0.25, 0.3) is 0 Å². The topological polar surface area (TPSA) is 26.3 Å². The standard InChI is InChI=1S/C13H7BrCl2O2/c14-11-5-9(15)2-4-13(11)18-10-3-1-8(7-17)12(16)6-10/h1-7H. The molecule has 0 aliphatic rings. The van der Waals surface area contributed by atoms with Gasteiger partial charge in [0.1, 0.15) is 11.5 Å². The number of hydrogen-bond donors (Lipinski definition) is 0. The molecule has 0 aromatic heterocycles. The fraction of sp³-hybridized carbons (Fsp3) is 0. The van der Waals surface area contributed by atoms with Gasteiger partial charge < -0.3 is 4.74 Å². The third kappa shape index (κ3) is 3.05. The van der Waals surface area contributed by atoms with Crippen LogP contribution in [0.4, 0.5) is 0 Å². The van der Waals surface area contributed by atoms with E-state index in [2.05, 4.69) is 15.9 Å². The van der Waals surface area contributed by atoms with Gasteiger partial charge in [0.05, 0.1) is 9.50 Å². The van der Waals surface area contributed by atoms with E-state index < -0.39 is 0 Å². The molecule has 0 atom stereocenters. The van der Waals surface area contributed by atoms with Gasteiger partial charge in [-0.25, -0.2) is 0 Å². The summed E-state index contributed by atoms with van der Waals surface area (Å²) in [5.41, 5.74) is 0.430. The van der Waals surface area contributed by atoms with Gasteiger partial charge in [-0.2, -0.15) is 0 Å². The molecule has 0 fully saturated rings. The summed E-state index contributed by atoms with van der Waals surface area (Å²) in [6, 6.07) is 10.1. The van der Waals surface area contributed by atoms with Gasteiger partial charge in [-0.15, -0.1) is 0 Å². The normalized spacial score (nSPS) is 10.2. The van der Waals surface area contributed by atoms with Crippen molar-refractivity contribution < 1.29 is 9.53 Å². The van der Waals surface area contributed by atoms with Crippen LogP contribution in [0.25, 0.3) is 0 Å². The molecule has 0 unspecified atom stereocenters. The number of halogens is 3. The summed E-state index contributed by atoms with van der Waals surface area (Å²) in [7, 11) is 0. The lowest BCUT2D eigenvalue weighted by atomic mass is 10.2. The number of benzene rings is 2. The molecular formula is C13H7BrCl2O2. The Balaban J connectivity index is 2.28. The van der Waals surface area contributed by atoms with Gasteiger partial charge >= 0.3 is 0 Å². The molecule has 0 saturated heterocycles. The van der Waals surface area contributed by atoms with Gasteiger partial charge in [-0.3, -0.25) is 4.79 Å². The average molecular weight is 346 g/mol. The van der Waals surface area contributed by atoms with Crippen LogP contribution in [-0.4, -0.2) is 6.29 Å². The third-order valence-electron chi connectivity index (χ3n) is 2.22. The van der Waals surface area contributed by atoms with E-state index in [4.69, 9.17) is 27.9 Å². The highest BCUT2D eigenvalue weighted by Crippen LogP contribution is 2.33. The van der Waals surface area contributed by atoms with E-state index in [0.717, 1.165) is 4.47 Å². The first-order valence-electron chi connectivity index (χ1n) is 4.98. The van der Waals surface area contributed by atoms with Crippen molar-refractivity contribution in [3.63, 3.8) is 0 Å². The first-order chi connectivity index (χ1) is 8.60. The quantitative estimate of drug-likeness (QED) is 0.700. The Kier molecular flexibility index (Phi) is 4.27. The molecule has 18 heavy (non-hydrogen) atoms. The Morgan fingerprint density at radius 1 is 1.11 bits per heavy atom. The van der Waals surface area contributed by atoms with Crippen LogP contribution < -0.4 is 4.74 Å². The predicted octanol–water partition coefficient (Wildman–Crippen LogP) is 5.36. The SMILES string of the molecule is O=Cc1ccc(Oc2ccc(Cl)cc2Br)cc1Cl. The number of carbonyl (C=O) groups is 1. The van der Waals surface area contributed by atoms with Crippen LogP contribution in [0, 0.1) is 0 Å². The van der Waals surface area contributed by atoms with Crippen molar-refractivity contribution in [3.05, 3.63) is 56.5 Å². The van der Waals surface area contributed by atoms with E-state index in [1.807, 2.05) is 0 Å². The van der Waals surface area contributed by atoms with Crippen LogP contribution in [-0.2, 0) is 0 Å². The first-order valence-corrected chi connectivity index (χ1v) is 6.52. The van der Waals surface area contributed by atoms with Crippen LogP contribution in [0.5, 0.6) is 11.5 Å². The van der Waals surface area contributed by atoms with Gasteiger partial charge in [0, 0.05) is 16.7 Å². The highest BCUT2D eigenvalue weighted by atomic mass is 79.9. The van der Waals surface area contributed by atoms with E-state index in [1.54, 1.807) is 36.4 Å². The van der Waals surface area contributed by atoms with Gasteiger partial charge in [-0.05, 0) is 46.3 Å². The zero-order valence-corrected chi connectivity index (χ0v) is 12.1. The minimum atomic E-state index is 0.354. The average Bonchev–Trinajstić information content (AvgIpc) is 2.33. The zero-order chi connectivity index (χ0) is 13.1. The van der Waals surface area contributed by atoms with E-state index in [0.29, 0.717) is 33.4 Å². The lowest BCUT2D eigenvalue weighted by molar-refractivity contribution is 0.112. The number of hydrogen-bond acceptors (Lipinski definition) is 2. The summed E-state index contributed by atoms with van der Waals surface area (Å²) in [5, 5.41) is 0.969. The Labute approximate surface area is 123 Å². The number of ether oxygens (including phenoxy) is 1. The molecule has 0 N–H and O–H groups in total. The Morgan fingerprint density at radius 2 is 1.89 bits per heavy atom. The second-order valence-electron chi connectivity index (χ2n) is 3.48. The maximum Gasteiger partial charge on any atom is 0.151 e. The number of aldehydes is 1. The van der Waals surface area contributed by atoms with Crippen molar-refractivity contribution in [2.24, 2.45) is 0 Å². The number of rotatable bonds is 3. The monoisotopic (exact) mass is 344 g/mol. The Hall–Kier alpha value is -1.03. The summed E-state index contributed by atoms with van der Waals surface area (Å²) in [4.78, 5) is 10.6. The van der Waals surface area contributed by atoms with Crippen LogP contribution in [0.2, 0.25) is 10.0 Å². The van der Waals surface area contributed by atoms with Gasteiger partial charge in [0.2, 0.25) is 0 Å². The molecule has 2 nitrogen and oxygen atoms in total. The second kappa shape index (κ2) is 5.74. The van der Waals surface area contributed by atoms with E-state index >= 15 is 0 Å². The van der Waals surface area contributed by atoms with Gasteiger partial charge in [0.15, 0.2) is 6.29 Å². The summed E-state index contributed by atoms with van der Waals surface area (Å²) in [6.07, 6.45) is 0.699. The van der Waals surface area contributed by atoms with Crippen molar-refractivity contribution in [2.75, 3.05) is 0 Å². The molecule has 2 rings (SSSR count). The lowest BCUT2D eigenvalue weighted by Gasteiger charge is -2.08. The summed E-state index contributed by atoms with van der Waals surface area (Å²) < 4.78 is 6.38. The molecule has 92 valence electrons. The largest absolute Gasteiger partial charge is 0.456 e. The molecular weight excluding hydrogens is 339 g/mol. The molecule has 0 heterocycles. The summed E-state index contributed by atoms with van der Waals surface area (Å²) in [6.45, 7) is 0. The van der Waals surface area contributed by atoms with Crippen LogP contribution in [0.3, 0.4) is 0 Å². The van der Waals surface area contributed by atoms with Crippen molar-refractivity contribution in [2.45, 2.75) is 0 Å². The van der Waals surface area contributed by atoms with Crippen molar-refractivity contribution in [3.8, 4) is 11.5 Å². The van der Waals surface area contributed by atoms with E-state index in [-0.39, 0.29) is 0 Å². The molecule has 0 radical (unpaired) electrons. The van der Waals surface area contributed by atoms with E-state index in [1.165, 1.54) is 0 Å². The van der Waals surface area contributed by atoms with E-state index in [9.17, 15) is 4.79 Å². The first kappa shape index (κ1) is 13.4. The zero-order valence-electron chi connectivity index (χ0n) is 8.99.